The number of halogens is 2. The minimum atomic E-state index is -0.513. The number of ether oxygens (including phenoxy) is 1. The highest BCUT2D eigenvalue weighted by molar-refractivity contribution is 6.35. The summed E-state index contributed by atoms with van der Waals surface area (Å²) in [7, 11) is 1.29. The number of esters is 1. The summed E-state index contributed by atoms with van der Waals surface area (Å²) in [5.74, 6) is -1.37. The molecule has 0 aliphatic rings. The first-order valence-electron chi connectivity index (χ1n) is 8.92. The molecule has 0 atom stereocenters. The number of carbonyl (C=O) groups is 3. The van der Waals surface area contributed by atoms with Crippen LogP contribution in [0, 0.1) is 6.92 Å². The first-order valence-corrected chi connectivity index (χ1v) is 9.68. The predicted octanol–water partition coefficient (Wildman–Crippen LogP) is 3.57. The molecule has 3 aromatic rings. The van der Waals surface area contributed by atoms with Crippen LogP contribution in [0.5, 0.6) is 0 Å². The lowest BCUT2D eigenvalue weighted by Gasteiger charge is -2.08. The van der Waals surface area contributed by atoms with Crippen LogP contribution in [0.15, 0.2) is 42.5 Å². The number of rotatable bonds is 6. The van der Waals surface area contributed by atoms with E-state index in [0.717, 1.165) is 0 Å². The van der Waals surface area contributed by atoms with Gasteiger partial charge in [-0.1, -0.05) is 28.4 Å². The molecule has 0 aliphatic heterocycles. The number of carbonyl (C=O) groups excluding carboxylic acids is 3. The minimum Gasteiger partial charge on any atom is -0.465 e. The molecule has 0 saturated carbocycles. The van der Waals surface area contributed by atoms with E-state index >= 15 is 0 Å². The summed E-state index contributed by atoms with van der Waals surface area (Å²) in [6, 6.07) is 10.9. The number of methoxy groups -OCH3 is 1. The van der Waals surface area contributed by atoms with Crippen LogP contribution in [-0.2, 0) is 16.1 Å². The van der Waals surface area contributed by atoms with E-state index in [4.69, 9.17) is 23.2 Å². The van der Waals surface area contributed by atoms with Crippen LogP contribution in [0.3, 0.4) is 0 Å². The van der Waals surface area contributed by atoms with Crippen LogP contribution in [0.25, 0.3) is 0 Å². The van der Waals surface area contributed by atoms with Crippen molar-refractivity contribution in [1.29, 1.82) is 0 Å². The normalized spacial score (nSPS) is 10.5. The average molecular weight is 462 g/mol. The molecule has 0 fully saturated rings. The van der Waals surface area contributed by atoms with Crippen molar-refractivity contribution in [2.45, 2.75) is 13.5 Å². The van der Waals surface area contributed by atoms with Gasteiger partial charge in [-0.2, -0.15) is 0 Å². The van der Waals surface area contributed by atoms with Gasteiger partial charge < -0.3 is 15.4 Å². The van der Waals surface area contributed by atoms with Crippen LogP contribution in [-0.4, -0.2) is 39.9 Å². The summed E-state index contributed by atoms with van der Waals surface area (Å²) in [6.45, 7) is 1.46. The quantitative estimate of drug-likeness (QED) is 0.542. The smallest absolute Gasteiger partial charge is 0.337 e. The molecule has 160 valence electrons. The molecule has 0 saturated heterocycles. The maximum atomic E-state index is 12.5. The van der Waals surface area contributed by atoms with E-state index < -0.39 is 11.9 Å². The van der Waals surface area contributed by atoms with Crippen LogP contribution >= 0.6 is 23.2 Å². The van der Waals surface area contributed by atoms with Gasteiger partial charge in [0.05, 0.1) is 18.4 Å². The van der Waals surface area contributed by atoms with Crippen molar-refractivity contribution in [3.05, 3.63) is 69.5 Å². The van der Waals surface area contributed by atoms with Gasteiger partial charge in [-0.05, 0) is 49.4 Å². The molecular formula is C20H17Cl2N5O4. The molecule has 1 aromatic heterocycles. The number of anilines is 2. The van der Waals surface area contributed by atoms with Crippen molar-refractivity contribution in [1.82, 2.24) is 15.0 Å². The lowest BCUT2D eigenvalue weighted by molar-refractivity contribution is -0.117. The van der Waals surface area contributed by atoms with Crippen LogP contribution in [0.2, 0.25) is 10.0 Å². The van der Waals surface area contributed by atoms with Crippen molar-refractivity contribution in [2.24, 2.45) is 0 Å². The molecule has 1 heterocycles. The number of nitrogens with zero attached hydrogens (tertiary/aromatic N) is 3. The van der Waals surface area contributed by atoms with E-state index in [2.05, 4.69) is 25.7 Å². The Bertz CT molecular complexity index is 1120. The topological polar surface area (TPSA) is 115 Å². The highest BCUT2D eigenvalue weighted by Gasteiger charge is 2.18. The number of aromatic nitrogens is 3. The molecule has 2 aromatic carbocycles. The average Bonchev–Trinajstić information content (AvgIpc) is 3.07. The zero-order valence-electron chi connectivity index (χ0n) is 16.5. The number of hydrogen-bond donors (Lipinski definition) is 2. The largest absolute Gasteiger partial charge is 0.465 e. The molecular weight excluding hydrogens is 445 g/mol. The first kappa shape index (κ1) is 22.3. The second-order valence-electron chi connectivity index (χ2n) is 6.41. The molecule has 2 N–H and O–H groups in total. The zero-order chi connectivity index (χ0) is 22.5. The van der Waals surface area contributed by atoms with E-state index in [9.17, 15) is 14.4 Å². The molecule has 0 bridgehead atoms. The van der Waals surface area contributed by atoms with Crippen molar-refractivity contribution < 1.29 is 19.1 Å². The molecule has 0 radical (unpaired) electrons. The summed E-state index contributed by atoms with van der Waals surface area (Å²) in [5.41, 5.74) is 1.73. The fourth-order valence-corrected chi connectivity index (χ4v) is 3.21. The molecule has 0 spiro atoms. The lowest BCUT2D eigenvalue weighted by atomic mass is 10.2. The molecule has 0 aliphatic carbocycles. The van der Waals surface area contributed by atoms with Crippen molar-refractivity contribution in [3.63, 3.8) is 0 Å². The SMILES string of the molecule is COC(=O)c1ccc(NC(=O)Cn2nnc(C(=O)Nc3cc(Cl)cc(Cl)c3)c2C)cc1. The van der Waals surface area contributed by atoms with Gasteiger partial charge in [-0.3, -0.25) is 9.59 Å². The molecule has 3 rings (SSSR count). The third kappa shape index (κ3) is 5.59. The van der Waals surface area contributed by atoms with Gasteiger partial charge in [-0.25, -0.2) is 9.48 Å². The van der Waals surface area contributed by atoms with Gasteiger partial charge in [0, 0.05) is 21.4 Å². The molecule has 9 nitrogen and oxygen atoms in total. The van der Waals surface area contributed by atoms with Gasteiger partial charge in [0.2, 0.25) is 5.91 Å². The molecule has 0 unspecified atom stereocenters. The fourth-order valence-electron chi connectivity index (χ4n) is 2.68. The Balaban J connectivity index is 1.64. The Morgan fingerprint density at radius 2 is 1.65 bits per heavy atom. The summed E-state index contributed by atoms with van der Waals surface area (Å²) in [6.07, 6.45) is 0. The summed E-state index contributed by atoms with van der Waals surface area (Å²) < 4.78 is 5.93. The number of nitrogens with one attached hydrogen (secondary N) is 2. The first-order chi connectivity index (χ1) is 14.8. The van der Waals surface area contributed by atoms with E-state index in [-0.39, 0.29) is 18.1 Å². The second kappa shape index (κ2) is 9.59. The number of benzene rings is 2. The molecule has 31 heavy (non-hydrogen) atoms. The fraction of sp³-hybridized carbons (Fsp3) is 0.150. The van der Waals surface area contributed by atoms with E-state index in [1.54, 1.807) is 37.3 Å². The van der Waals surface area contributed by atoms with Crippen molar-refractivity contribution in [3.8, 4) is 0 Å². The Morgan fingerprint density at radius 3 is 2.26 bits per heavy atom. The Morgan fingerprint density at radius 1 is 1.00 bits per heavy atom. The van der Waals surface area contributed by atoms with Gasteiger partial charge in [0.25, 0.3) is 5.91 Å². The van der Waals surface area contributed by atoms with Crippen molar-refractivity contribution in [2.75, 3.05) is 17.7 Å². The van der Waals surface area contributed by atoms with Crippen LogP contribution in [0.1, 0.15) is 26.5 Å². The Kier molecular flexibility index (Phi) is 6.88. The highest BCUT2D eigenvalue weighted by atomic mass is 35.5. The maximum Gasteiger partial charge on any atom is 0.337 e. The van der Waals surface area contributed by atoms with Gasteiger partial charge in [0.1, 0.15) is 6.54 Å². The second-order valence-corrected chi connectivity index (χ2v) is 7.28. The van der Waals surface area contributed by atoms with Crippen LogP contribution in [0.4, 0.5) is 11.4 Å². The third-order valence-corrected chi connectivity index (χ3v) is 4.64. The third-order valence-electron chi connectivity index (χ3n) is 4.20. The summed E-state index contributed by atoms with van der Waals surface area (Å²) in [5, 5.41) is 13.8. The maximum absolute atomic E-state index is 12.5. The van der Waals surface area contributed by atoms with Crippen LogP contribution < -0.4 is 10.6 Å². The summed E-state index contributed by atoms with van der Waals surface area (Å²) >= 11 is 11.9. The Hall–Kier alpha value is -3.43. The highest BCUT2D eigenvalue weighted by Crippen LogP contribution is 2.23. The minimum absolute atomic E-state index is 0.0614. The van der Waals surface area contributed by atoms with Gasteiger partial charge >= 0.3 is 5.97 Å². The van der Waals surface area contributed by atoms with E-state index in [0.29, 0.717) is 32.7 Å². The standard InChI is InChI=1S/C20H17Cl2N5O4/c1-11-18(19(29)24-16-8-13(21)7-14(22)9-16)25-26-27(11)10-17(28)23-15-5-3-12(4-6-15)20(30)31-2/h3-9H,10H2,1-2H3,(H,23,28)(H,24,29). The number of hydrogen-bond acceptors (Lipinski definition) is 6. The number of amides is 2. The lowest BCUT2D eigenvalue weighted by Crippen LogP contribution is -2.21. The van der Waals surface area contributed by atoms with Gasteiger partial charge in [0.15, 0.2) is 5.69 Å². The van der Waals surface area contributed by atoms with Gasteiger partial charge in [-0.15, -0.1) is 5.10 Å². The zero-order valence-corrected chi connectivity index (χ0v) is 18.0. The molecule has 2 amide bonds. The predicted molar refractivity (Wildman–Crippen MR) is 116 cm³/mol. The monoisotopic (exact) mass is 461 g/mol. The molecule has 11 heteroatoms. The Labute approximate surface area is 187 Å². The van der Waals surface area contributed by atoms with Crippen molar-refractivity contribution >= 4 is 52.4 Å². The van der Waals surface area contributed by atoms with E-state index in [1.165, 1.54) is 23.9 Å². The van der Waals surface area contributed by atoms with E-state index in [1.807, 2.05) is 0 Å². The summed E-state index contributed by atoms with van der Waals surface area (Å²) in [4.78, 5) is 36.3.